The zero-order valence-electron chi connectivity index (χ0n) is 46.7. The molecule has 1 amide bonds. The molecular formula is C58H105NO18. The lowest BCUT2D eigenvalue weighted by atomic mass is 9.96. The lowest BCUT2D eigenvalue weighted by Gasteiger charge is -2.48. The molecule has 3 aliphatic heterocycles. The van der Waals surface area contributed by atoms with Crippen LogP contribution >= 0.6 is 0 Å². The second-order valence-corrected chi connectivity index (χ2v) is 21.4. The van der Waals surface area contributed by atoms with Gasteiger partial charge in [-0.1, -0.05) is 179 Å². The summed E-state index contributed by atoms with van der Waals surface area (Å²) in [4.78, 5) is 12.6. The van der Waals surface area contributed by atoms with Gasteiger partial charge in [0.2, 0.25) is 5.91 Å². The largest absolute Gasteiger partial charge is 0.394 e. The summed E-state index contributed by atoms with van der Waals surface area (Å²) in [5.74, 6) is -0.344. The number of aliphatic hydroxyl groups is 11. The van der Waals surface area contributed by atoms with E-state index in [-0.39, 0.29) is 18.9 Å². The molecule has 3 aliphatic rings. The SMILES string of the molecule is CCCCCCCCCCCCCCCCCCCCCCC/C=C/CC/C=C/CC/C=C/C(O)C(COC1OC(CO)C(OC2OC(CO)C(OC3OC(CO)C(O)C(O)C3O)C(O)C2O)C(O)C1O)NC(=O)CCC. The van der Waals surface area contributed by atoms with Gasteiger partial charge >= 0.3 is 0 Å². The highest BCUT2D eigenvalue weighted by Gasteiger charge is 2.53. The number of nitrogens with one attached hydrogen (secondary N) is 1. The van der Waals surface area contributed by atoms with Crippen molar-refractivity contribution in [2.45, 2.75) is 298 Å². The highest BCUT2D eigenvalue weighted by atomic mass is 16.8. The monoisotopic (exact) mass is 1100 g/mol. The van der Waals surface area contributed by atoms with E-state index in [2.05, 4.69) is 36.5 Å². The predicted octanol–water partition coefficient (Wildman–Crippen LogP) is 4.93. The van der Waals surface area contributed by atoms with Gasteiger partial charge in [-0.3, -0.25) is 4.79 Å². The standard InChI is InChI=1S/C58H105NO18/c1-3-5-6-7-8-9-10-11-12-13-14-15-16-17-18-19-20-21-22-23-24-25-26-27-28-29-30-31-32-33-34-36-42(63)41(59-46(64)35-4-2)40-72-56-52(70)49(67)54(44(38-61)74-56)77-58-53(71)50(68)55(45(39-62)75-58)76-57-51(69)48(66)47(65)43(37-60)73-57/h26-27,30-31,34,36,41-45,47-58,60-63,65-71H,3-25,28-29,32-33,35,37-40H2,1-2H3,(H,59,64)/b27-26+,31-30+,36-34+. The fourth-order valence-corrected chi connectivity index (χ4v) is 10.0. The van der Waals surface area contributed by atoms with Gasteiger partial charge < -0.3 is 89.9 Å². The van der Waals surface area contributed by atoms with Gasteiger partial charge in [0.1, 0.15) is 73.2 Å². The molecule has 77 heavy (non-hydrogen) atoms. The Hall–Kier alpha value is -1.99. The van der Waals surface area contributed by atoms with Crippen molar-refractivity contribution in [3.05, 3.63) is 36.5 Å². The third-order valence-electron chi connectivity index (χ3n) is 14.9. The lowest BCUT2D eigenvalue weighted by molar-refractivity contribution is -0.379. The summed E-state index contributed by atoms with van der Waals surface area (Å²) in [6.07, 6.45) is 19.6. The maximum absolute atomic E-state index is 12.6. The topological polar surface area (TPSA) is 307 Å². The molecule has 3 fully saturated rings. The van der Waals surface area contributed by atoms with Crippen LogP contribution in [0.15, 0.2) is 36.5 Å². The van der Waals surface area contributed by atoms with E-state index in [4.69, 9.17) is 28.4 Å². The van der Waals surface area contributed by atoms with Crippen LogP contribution in [0.3, 0.4) is 0 Å². The van der Waals surface area contributed by atoms with Gasteiger partial charge in [0.15, 0.2) is 18.9 Å². The molecule has 0 aromatic heterocycles. The van der Waals surface area contributed by atoms with Crippen LogP contribution in [-0.2, 0) is 33.2 Å². The molecule has 0 aliphatic carbocycles. The number of hydrogen-bond donors (Lipinski definition) is 12. The van der Waals surface area contributed by atoms with Crippen molar-refractivity contribution in [1.29, 1.82) is 0 Å². The summed E-state index contributed by atoms with van der Waals surface area (Å²) in [7, 11) is 0. The van der Waals surface area contributed by atoms with Crippen LogP contribution in [0.5, 0.6) is 0 Å². The van der Waals surface area contributed by atoms with E-state index in [0.717, 1.165) is 25.7 Å². The van der Waals surface area contributed by atoms with Crippen LogP contribution in [0, 0.1) is 0 Å². The van der Waals surface area contributed by atoms with Crippen LogP contribution in [0.4, 0.5) is 0 Å². The van der Waals surface area contributed by atoms with Gasteiger partial charge in [-0.2, -0.15) is 0 Å². The number of unbranched alkanes of at least 4 members (excludes halogenated alkanes) is 23. The predicted molar refractivity (Wildman–Crippen MR) is 291 cm³/mol. The maximum atomic E-state index is 12.6. The van der Waals surface area contributed by atoms with E-state index in [1.807, 2.05) is 6.92 Å². The van der Waals surface area contributed by atoms with Crippen LogP contribution in [-0.4, -0.2) is 193 Å². The zero-order valence-corrected chi connectivity index (χ0v) is 46.7. The van der Waals surface area contributed by atoms with Gasteiger partial charge in [-0.25, -0.2) is 0 Å². The van der Waals surface area contributed by atoms with Crippen LogP contribution in [0.1, 0.15) is 194 Å². The highest BCUT2D eigenvalue weighted by Crippen LogP contribution is 2.33. The Bertz CT molecular complexity index is 1550. The molecule has 0 aromatic rings. The molecule has 19 heteroatoms. The van der Waals surface area contributed by atoms with Gasteiger partial charge in [0, 0.05) is 6.42 Å². The molecule has 0 saturated carbocycles. The summed E-state index contributed by atoms with van der Waals surface area (Å²) < 4.78 is 33.8. The Morgan fingerprint density at radius 2 is 0.831 bits per heavy atom. The van der Waals surface area contributed by atoms with Gasteiger partial charge in [-0.05, 0) is 44.9 Å². The smallest absolute Gasteiger partial charge is 0.220 e. The summed E-state index contributed by atoms with van der Waals surface area (Å²) in [5, 5.41) is 119. The first kappa shape index (κ1) is 69.3. The minimum atomic E-state index is -1.98. The van der Waals surface area contributed by atoms with Crippen molar-refractivity contribution in [3.8, 4) is 0 Å². The summed E-state index contributed by atoms with van der Waals surface area (Å²) in [6, 6.07) is -0.989. The molecule has 12 N–H and O–H groups in total. The van der Waals surface area contributed by atoms with Gasteiger partial charge in [0.05, 0.1) is 38.6 Å². The number of ether oxygens (including phenoxy) is 6. The maximum Gasteiger partial charge on any atom is 0.220 e. The molecule has 17 unspecified atom stereocenters. The summed E-state index contributed by atoms with van der Waals surface area (Å²) >= 11 is 0. The number of aliphatic hydroxyl groups excluding tert-OH is 11. The number of carbonyl (C=O) groups is 1. The average Bonchev–Trinajstić information content (AvgIpc) is 3.43. The third-order valence-corrected chi connectivity index (χ3v) is 14.9. The number of rotatable bonds is 43. The molecule has 0 aromatic carbocycles. The van der Waals surface area contributed by atoms with E-state index in [0.29, 0.717) is 12.8 Å². The first-order valence-corrected chi connectivity index (χ1v) is 29.7. The fourth-order valence-electron chi connectivity index (χ4n) is 10.0. The van der Waals surface area contributed by atoms with E-state index >= 15 is 0 Å². The van der Waals surface area contributed by atoms with Crippen molar-refractivity contribution in [2.24, 2.45) is 0 Å². The molecule has 3 saturated heterocycles. The van der Waals surface area contributed by atoms with Crippen molar-refractivity contribution >= 4 is 5.91 Å². The number of amides is 1. The molecule has 3 heterocycles. The quantitative estimate of drug-likeness (QED) is 0.0285. The highest BCUT2D eigenvalue weighted by molar-refractivity contribution is 5.76. The van der Waals surface area contributed by atoms with Gasteiger partial charge in [0.25, 0.3) is 0 Å². The lowest BCUT2D eigenvalue weighted by Crippen LogP contribution is -2.66. The number of allylic oxidation sites excluding steroid dienone is 5. The van der Waals surface area contributed by atoms with Crippen molar-refractivity contribution in [2.75, 3.05) is 26.4 Å². The van der Waals surface area contributed by atoms with Crippen molar-refractivity contribution in [1.82, 2.24) is 5.32 Å². The summed E-state index contributed by atoms with van der Waals surface area (Å²) in [5.41, 5.74) is 0. The number of carbonyl (C=O) groups excluding carboxylic acids is 1. The Morgan fingerprint density at radius 1 is 0.455 bits per heavy atom. The Morgan fingerprint density at radius 3 is 1.27 bits per heavy atom. The second-order valence-electron chi connectivity index (χ2n) is 21.4. The van der Waals surface area contributed by atoms with Crippen LogP contribution < -0.4 is 5.32 Å². The first-order chi connectivity index (χ1) is 37.3. The van der Waals surface area contributed by atoms with Crippen molar-refractivity contribution < 1.29 is 89.4 Å². The minimum absolute atomic E-state index is 0.182. The van der Waals surface area contributed by atoms with E-state index in [1.165, 1.54) is 135 Å². The number of hydrogen-bond acceptors (Lipinski definition) is 18. The first-order valence-electron chi connectivity index (χ1n) is 29.7. The Labute approximate surface area is 460 Å². The van der Waals surface area contributed by atoms with Crippen LogP contribution in [0.25, 0.3) is 0 Å². The molecule has 450 valence electrons. The molecule has 0 radical (unpaired) electrons. The minimum Gasteiger partial charge on any atom is -0.394 e. The average molecular weight is 1100 g/mol. The third kappa shape index (κ3) is 26.2. The molecule has 0 bridgehead atoms. The van der Waals surface area contributed by atoms with Crippen molar-refractivity contribution in [3.63, 3.8) is 0 Å². The molecule has 19 nitrogen and oxygen atoms in total. The van der Waals surface area contributed by atoms with E-state index in [9.17, 15) is 61.0 Å². The Balaban J connectivity index is 1.30. The fraction of sp³-hybridized carbons (Fsp3) is 0.879. The molecular weight excluding hydrogens is 999 g/mol. The molecule has 3 rings (SSSR count). The van der Waals surface area contributed by atoms with E-state index in [1.54, 1.807) is 12.2 Å². The second kappa shape index (κ2) is 41.9. The van der Waals surface area contributed by atoms with Crippen LogP contribution in [0.2, 0.25) is 0 Å². The molecule has 17 atom stereocenters. The Kier molecular flexibility index (Phi) is 37.7. The summed E-state index contributed by atoms with van der Waals surface area (Å²) in [6.45, 7) is 1.30. The zero-order chi connectivity index (χ0) is 56.2. The van der Waals surface area contributed by atoms with E-state index < -0.39 is 124 Å². The molecule has 0 spiro atoms. The van der Waals surface area contributed by atoms with Gasteiger partial charge in [-0.15, -0.1) is 0 Å². The normalized spacial score (nSPS) is 30.9.